The molecule has 2 aromatic heterocycles. The highest BCUT2D eigenvalue weighted by Crippen LogP contribution is 2.54. The second kappa shape index (κ2) is 14.6. The van der Waals surface area contributed by atoms with Crippen molar-refractivity contribution in [2.45, 2.75) is 24.7 Å². The number of aromatic nitrogens is 2. The van der Waals surface area contributed by atoms with Crippen molar-refractivity contribution < 1.29 is 0 Å². The van der Waals surface area contributed by atoms with Crippen LogP contribution in [-0.2, 0) is 6.42 Å². The number of hydrogen-bond donors (Lipinski definition) is 0. The number of aliphatic imine (C=N–C) groups is 1. The molecule has 9 aromatic carbocycles. The van der Waals surface area contributed by atoms with E-state index in [4.69, 9.17) is 15.0 Å². The van der Waals surface area contributed by atoms with E-state index in [1.54, 1.807) is 0 Å². The molecule has 0 bridgehead atoms. The molecule has 2 unspecified atom stereocenters. The smallest absolute Gasteiger partial charge is 0.0968 e. The van der Waals surface area contributed by atoms with Crippen molar-refractivity contribution in [1.29, 1.82) is 0 Å². The Hall–Kier alpha value is -8.27. The summed E-state index contributed by atoms with van der Waals surface area (Å²) in [6.07, 6.45) is 11.0. The van der Waals surface area contributed by atoms with Crippen molar-refractivity contribution in [3.8, 4) is 44.8 Å². The summed E-state index contributed by atoms with van der Waals surface area (Å²) in [5.41, 5.74) is 18.6. The molecule has 0 saturated carbocycles. The Balaban J connectivity index is 0.860. The van der Waals surface area contributed by atoms with Gasteiger partial charge in [-0.05, 0) is 114 Å². The minimum atomic E-state index is 0.212. The average molecular weight is 840 g/mol. The molecule has 2 atom stereocenters. The molecule has 3 nitrogen and oxygen atoms in total. The van der Waals surface area contributed by atoms with Gasteiger partial charge in [-0.2, -0.15) is 0 Å². The van der Waals surface area contributed by atoms with Gasteiger partial charge in [-0.3, -0.25) is 4.99 Å². The maximum Gasteiger partial charge on any atom is 0.0968 e. The lowest BCUT2D eigenvalue weighted by molar-refractivity contribution is 0.720. The topological polar surface area (TPSA) is 38.1 Å². The van der Waals surface area contributed by atoms with Crippen molar-refractivity contribution in [3.05, 3.63) is 235 Å². The predicted molar refractivity (Wildman–Crippen MR) is 276 cm³/mol. The van der Waals surface area contributed by atoms with E-state index >= 15 is 0 Å². The predicted octanol–water partition coefficient (Wildman–Crippen LogP) is 16.3. The van der Waals surface area contributed by atoms with Crippen LogP contribution in [0.4, 0.5) is 5.69 Å². The average Bonchev–Trinajstić information content (AvgIpc) is 3.40. The van der Waals surface area contributed by atoms with Gasteiger partial charge >= 0.3 is 0 Å². The van der Waals surface area contributed by atoms with Gasteiger partial charge in [0.15, 0.2) is 0 Å². The van der Waals surface area contributed by atoms with Crippen molar-refractivity contribution in [1.82, 2.24) is 9.97 Å². The molecule has 0 spiro atoms. The molecular weight excluding hydrogens is 799 g/mol. The van der Waals surface area contributed by atoms with Crippen LogP contribution >= 0.6 is 0 Å². The lowest BCUT2D eigenvalue weighted by Crippen LogP contribution is -2.18. The number of para-hydroxylation sites is 1. The van der Waals surface area contributed by atoms with E-state index in [9.17, 15) is 0 Å². The molecule has 0 amide bonds. The fraction of sp³-hybridized carbons (Fsp3) is 0.0635. The van der Waals surface area contributed by atoms with Crippen LogP contribution in [0.3, 0.4) is 0 Å². The normalized spacial score (nSPS) is 16.0. The SMILES string of the molecule is C1=CC2c3ccccc3-c3c(c(-c4ccc(-c5ccc6c7ccc(-c8ccc9ccc%10c(c9n8)N=C(c8ccccc8)CC%10)cc7c7ccccc7c6c5)cc4)nc4ccccc34)C2C=C1. The molecule has 3 heteroatoms. The zero-order valence-electron chi connectivity index (χ0n) is 36.1. The Morgan fingerprint density at radius 2 is 1.06 bits per heavy atom. The van der Waals surface area contributed by atoms with Crippen LogP contribution in [0.1, 0.15) is 40.5 Å². The third-order valence-electron chi connectivity index (χ3n) is 14.5. The van der Waals surface area contributed by atoms with E-state index in [1.807, 2.05) is 0 Å². The summed E-state index contributed by atoms with van der Waals surface area (Å²) >= 11 is 0. The van der Waals surface area contributed by atoms with Crippen molar-refractivity contribution in [2.75, 3.05) is 0 Å². The molecule has 308 valence electrons. The highest BCUT2D eigenvalue weighted by atomic mass is 14.8. The fourth-order valence-corrected chi connectivity index (χ4v) is 11.4. The minimum Gasteiger partial charge on any atom is -0.250 e. The van der Waals surface area contributed by atoms with Crippen LogP contribution in [0.15, 0.2) is 217 Å². The molecule has 1 aliphatic heterocycles. The first-order valence-corrected chi connectivity index (χ1v) is 23.1. The number of nitrogens with zero attached hydrogens (tertiary/aromatic N) is 3. The Morgan fingerprint density at radius 3 is 1.88 bits per heavy atom. The van der Waals surface area contributed by atoms with E-state index in [-0.39, 0.29) is 11.8 Å². The molecule has 3 aliphatic rings. The monoisotopic (exact) mass is 839 g/mol. The van der Waals surface area contributed by atoms with Crippen LogP contribution in [0.25, 0.3) is 98.9 Å². The summed E-state index contributed by atoms with van der Waals surface area (Å²) in [7, 11) is 0. The number of allylic oxidation sites excluding steroid dienone is 4. The van der Waals surface area contributed by atoms with Gasteiger partial charge in [0, 0.05) is 39.4 Å². The van der Waals surface area contributed by atoms with E-state index in [2.05, 4.69) is 212 Å². The van der Waals surface area contributed by atoms with E-state index in [0.717, 1.165) is 63.2 Å². The lowest BCUT2D eigenvalue weighted by atomic mass is 9.68. The number of pyridine rings is 2. The van der Waals surface area contributed by atoms with Crippen molar-refractivity contribution >= 4 is 65.5 Å². The Kier molecular flexibility index (Phi) is 8.23. The van der Waals surface area contributed by atoms with Crippen molar-refractivity contribution in [2.24, 2.45) is 4.99 Å². The summed E-state index contributed by atoms with van der Waals surface area (Å²) in [4.78, 5) is 16.0. The molecule has 2 aliphatic carbocycles. The van der Waals surface area contributed by atoms with Gasteiger partial charge in [-0.25, -0.2) is 9.97 Å². The number of aryl methyl sites for hydroxylation is 1. The Bertz CT molecular complexity index is 3910. The van der Waals surface area contributed by atoms with Gasteiger partial charge in [-0.1, -0.05) is 188 Å². The first-order valence-electron chi connectivity index (χ1n) is 23.1. The Labute approximate surface area is 382 Å². The third-order valence-corrected chi connectivity index (χ3v) is 14.5. The maximum atomic E-state index is 5.43. The van der Waals surface area contributed by atoms with Crippen LogP contribution in [0.2, 0.25) is 0 Å². The summed E-state index contributed by atoms with van der Waals surface area (Å²) in [6, 6.07) is 68.8. The Morgan fingerprint density at radius 1 is 0.424 bits per heavy atom. The standard InChI is InChI=1S/C63H41N3/c1-2-12-39(13-3-1)56-34-30-41-26-27-42-31-35-57(65-63(42)62(41)64-56)44-29-33-50-49-32-28-43(36-54(49)47-16-4-5-17-48(47)55(50)37-44)38-22-24-40(25-23-38)61-60-52-19-9-7-15-46(52)45-14-6-8-18-51(45)59(60)53-20-10-11-21-58(53)66-61/h1-29,31-33,35-37,46,52H,30,34H2. The summed E-state index contributed by atoms with van der Waals surface area (Å²) < 4.78 is 0. The lowest BCUT2D eigenvalue weighted by Gasteiger charge is -2.35. The molecule has 66 heavy (non-hydrogen) atoms. The van der Waals surface area contributed by atoms with Crippen LogP contribution < -0.4 is 0 Å². The largest absolute Gasteiger partial charge is 0.250 e. The quantitative estimate of drug-likeness (QED) is 0.166. The van der Waals surface area contributed by atoms with E-state index in [1.165, 1.54) is 82.2 Å². The molecule has 14 rings (SSSR count). The molecule has 11 aromatic rings. The van der Waals surface area contributed by atoms with Gasteiger partial charge < -0.3 is 0 Å². The number of fused-ring (bicyclic) bond motifs is 17. The molecule has 0 saturated heterocycles. The molecule has 0 fully saturated rings. The number of benzene rings is 9. The minimum absolute atomic E-state index is 0.212. The van der Waals surface area contributed by atoms with E-state index in [0.29, 0.717) is 0 Å². The highest BCUT2D eigenvalue weighted by molar-refractivity contribution is 6.26. The zero-order chi connectivity index (χ0) is 43.3. The van der Waals surface area contributed by atoms with Crippen LogP contribution in [0.5, 0.6) is 0 Å². The molecular formula is C63H41N3. The fourth-order valence-electron chi connectivity index (χ4n) is 11.4. The van der Waals surface area contributed by atoms with E-state index < -0.39 is 0 Å². The number of rotatable bonds is 4. The van der Waals surface area contributed by atoms with Crippen LogP contribution in [0, 0.1) is 0 Å². The van der Waals surface area contributed by atoms with Gasteiger partial charge in [-0.15, -0.1) is 0 Å². The summed E-state index contributed by atoms with van der Waals surface area (Å²) in [6.45, 7) is 0. The highest BCUT2D eigenvalue weighted by Gasteiger charge is 2.35. The number of hydrogen-bond acceptors (Lipinski definition) is 3. The molecule has 0 radical (unpaired) electrons. The molecule has 0 N–H and O–H groups in total. The van der Waals surface area contributed by atoms with Gasteiger partial charge in [0.1, 0.15) is 0 Å². The van der Waals surface area contributed by atoms with Crippen molar-refractivity contribution in [3.63, 3.8) is 0 Å². The molecule has 3 heterocycles. The van der Waals surface area contributed by atoms with Gasteiger partial charge in [0.05, 0.1) is 28.1 Å². The van der Waals surface area contributed by atoms with Crippen LogP contribution in [-0.4, -0.2) is 15.7 Å². The third kappa shape index (κ3) is 5.73. The summed E-state index contributed by atoms with van der Waals surface area (Å²) in [5, 5.41) is 9.78. The maximum absolute atomic E-state index is 5.43. The van der Waals surface area contributed by atoms with Gasteiger partial charge in [0.25, 0.3) is 0 Å². The zero-order valence-corrected chi connectivity index (χ0v) is 36.1. The van der Waals surface area contributed by atoms with Gasteiger partial charge in [0.2, 0.25) is 0 Å². The second-order valence-electron chi connectivity index (χ2n) is 18.1. The second-order valence-corrected chi connectivity index (χ2v) is 18.1. The summed E-state index contributed by atoms with van der Waals surface area (Å²) in [5.74, 6) is 0.489. The first-order chi connectivity index (χ1) is 32.7. The first kappa shape index (κ1) is 37.1.